The van der Waals surface area contributed by atoms with E-state index in [0.29, 0.717) is 0 Å². The van der Waals surface area contributed by atoms with Gasteiger partial charge in [0.05, 0.1) is 16.8 Å². The Morgan fingerprint density at radius 1 is 0.500 bits per heavy atom. The van der Waals surface area contributed by atoms with Crippen molar-refractivity contribution < 1.29 is 0 Å². The minimum Gasteiger partial charge on any atom is -0.248 e. The van der Waals surface area contributed by atoms with E-state index in [1.54, 1.807) is 0 Å². The van der Waals surface area contributed by atoms with Crippen LogP contribution in [0.25, 0.3) is 28.0 Å². The van der Waals surface area contributed by atoms with Gasteiger partial charge in [0.2, 0.25) is 0 Å². The van der Waals surface area contributed by atoms with Gasteiger partial charge in [-0.15, -0.1) is 0 Å². The van der Waals surface area contributed by atoms with Gasteiger partial charge in [0.25, 0.3) is 0 Å². The van der Waals surface area contributed by atoms with Crippen molar-refractivity contribution >= 4 is 17.3 Å². The molecule has 1 aliphatic carbocycles. The van der Waals surface area contributed by atoms with E-state index in [1.165, 1.54) is 48.7 Å². The molecule has 6 aromatic carbocycles. The molecule has 1 atom stereocenters. The molecular formula is C48H35NS. The zero-order chi connectivity index (χ0) is 33.3. The van der Waals surface area contributed by atoms with Crippen molar-refractivity contribution in [1.82, 2.24) is 4.98 Å². The summed E-state index contributed by atoms with van der Waals surface area (Å²) in [5.41, 5.74) is 12.8. The maximum atomic E-state index is 5.24. The third kappa shape index (κ3) is 5.33. The molecular weight excluding hydrogens is 623 g/mol. The van der Waals surface area contributed by atoms with E-state index in [4.69, 9.17) is 4.98 Å². The third-order valence-electron chi connectivity index (χ3n) is 10.1. The highest BCUT2D eigenvalue weighted by molar-refractivity contribution is 7.99. The average Bonchev–Trinajstić information content (AvgIpc) is 3.21. The first-order valence-electron chi connectivity index (χ1n) is 17.3. The van der Waals surface area contributed by atoms with Crippen molar-refractivity contribution in [2.24, 2.45) is 0 Å². The molecule has 2 heterocycles. The summed E-state index contributed by atoms with van der Waals surface area (Å²) >= 11 is 1.90. The number of nitrogens with zero attached hydrogens (tertiary/aromatic N) is 1. The van der Waals surface area contributed by atoms with E-state index >= 15 is 0 Å². The van der Waals surface area contributed by atoms with Crippen molar-refractivity contribution in [2.45, 2.75) is 27.5 Å². The molecule has 0 bridgehead atoms. The Bertz CT molecular complexity index is 2260. The number of pyridine rings is 1. The van der Waals surface area contributed by atoms with Crippen LogP contribution in [0.5, 0.6) is 0 Å². The van der Waals surface area contributed by atoms with Gasteiger partial charge >= 0.3 is 0 Å². The van der Waals surface area contributed by atoms with Gasteiger partial charge in [0.1, 0.15) is 0 Å². The molecule has 1 nitrogen and oxygen atoms in total. The fraction of sp³-hybridized carbons (Fsp3) is 0.0625. The third-order valence-corrected chi connectivity index (χ3v) is 11.3. The van der Waals surface area contributed by atoms with E-state index in [9.17, 15) is 0 Å². The first kappa shape index (κ1) is 30.4. The molecule has 238 valence electrons. The largest absolute Gasteiger partial charge is 0.248 e. The molecule has 50 heavy (non-hydrogen) atoms. The first-order chi connectivity index (χ1) is 24.8. The van der Waals surface area contributed by atoms with Crippen molar-refractivity contribution in [3.05, 3.63) is 228 Å². The molecule has 7 aromatic rings. The molecule has 0 N–H and O–H groups in total. The van der Waals surface area contributed by atoms with Gasteiger partial charge in [-0.05, 0) is 75.2 Å². The molecule has 0 spiro atoms. The molecule has 1 unspecified atom stereocenters. The Morgan fingerprint density at radius 2 is 1.08 bits per heavy atom. The lowest BCUT2D eigenvalue weighted by atomic mass is 9.64. The Morgan fingerprint density at radius 3 is 1.78 bits per heavy atom. The zero-order valence-corrected chi connectivity index (χ0v) is 28.4. The van der Waals surface area contributed by atoms with E-state index < -0.39 is 5.41 Å². The molecule has 2 heteroatoms. The van der Waals surface area contributed by atoms with Crippen LogP contribution in [-0.4, -0.2) is 4.98 Å². The highest BCUT2D eigenvalue weighted by Crippen LogP contribution is 2.56. The summed E-state index contributed by atoms with van der Waals surface area (Å²) < 4.78 is 0. The Balaban J connectivity index is 1.16. The van der Waals surface area contributed by atoms with Gasteiger partial charge in [0.15, 0.2) is 0 Å². The van der Waals surface area contributed by atoms with Crippen molar-refractivity contribution in [3.63, 3.8) is 0 Å². The summed E-state index contributed by atoms with van der Waals surface area (Å²) in [6.45, 7) is 0. The van der Waals surface area contributed by atoms with Gasteiger partial charge in [-0.25, -0.2) is 4.98 Å². The first-order valence-corrected chi connectivity index (χ1v) is 18.1. The van der Waals surface area contributed by atoms with Crippen LogP contribution < -0.4 is 0 Å². The molecule has 9 rings (SSSR count). The van der Waals surface area contributed by atoms with Crippen LogP contribution in [0.2, 0.25) is 0 Å². The summed E-state index contributed by atoms with van der Waals surface area (Å²) in [6.07, 6.45) is 7.95. The lowest BCUT2D eigenvalue weighted by Crippen LogP contribution is -2.34. The molecule has 1 aromatic heterocycles. The predicted octanol–water partition coefficient (Wildman–Crippen LogP) is 12.4. The normalized spacial score (nSPS) is 15.8. The fourth-order valence-corrected chi connectivity index (χ4v) is 9.02. The molecule has 0 fully saturated rings. The minimum atomic E-state index is -0.415. The molecule has 0 saturated carbocycles. The van der Waals surface area contributed by atoms with E-state index in [0.717, 1.165) is 28.9 Å². The summed E-state index contributed by atoms with van der Waals surface area (Å²) in [5.74, 6) is 0.239. The van der Waals surface area contributed by atoms with Crippen LogP contribution in [0, 0.1) is 0 Å². The van der Waals surface area contributed by atoms with Crippen molar-refractivity contribution in [3.8, 4) is 22.4 Å². The summed E-state index contributed by atoms with van der Waals surface area (Å²) in [6, 6.07) is 63.8. The monoisotopic (exact) mass is 657 g/mol. The second-order valence-electron chi connectivity index (χ2n) is 13.1. The molecule has 0 saturated heterocycles. The van der Waals surface area contributed by atoms with Crippen LogP contribution in [0.3, 0.4) is 0 Å². The second kappa shape index (κ2) is 13.0. The van der Waals surface area contributed by atoms with E-state index in [2.05, 4.69) is 194 Å². The Hall–Kier alpha value is -5.70. The number of aromatic nitrogens is 1. The SMILES string of the molecule is C1=CC(c2cc(-c3ccccc3)cc(-c3ccccc3)n2)=CC(c2ccc3c(c2)Sc2ccccc2C3(c2ccccc2)c2ccccc2)C1. The van der Waals surface area contributed by atoms with Crippen LogP contribution in [0.15, 0.2) is 204 Å². The molecule has 2 aliphatic rings. The van der Waals surface area contributed by atoms with Crippen LogP contribution >= 0.6 is 11.8 Å². The highest BCUT2D eigenvalue weighted by Gasteiger charge is 2.44. The summed E-state index contributed by atoms with van der Waals surface area (Å²) in [5, 5.41) is 0. The lowest BCUT2D eigenvalue weighted by molar-refractivity contribution is 0.699. The topological polar surface area (TPSA) is 12.9 Å². The average molecular weight is 658 g/mol. The molecule has 1 aliphatic heterocycles. The van der Waals surface area contributed by atoms with Gasteiger partial charge in [-0.2, -0.15) is 0 Å². The lowest BCUT2D eigenvalue weighted by Gasteiger charge is -2.42. The van der Waals surface area contributed by atoms with Gasteiger partial charge in [0, 0.05) is 21.3 Å². The van der Waals surface area contributed by atoms with E-state index in [-0.39, 0.29) is 5.92 Å². The standard InChI is InChI=1S/C48H35NS/c1-5-16-34(17-6-1)39-31-44(35-18-7-2-8-19-35)49-45(32-39)38-21-15-20-36(30-38)37-28-29-43-47(33-37)50-46-27-14-13-26-42(46)48(43,40-22-9-3-10-23-40)41-24-11-4-12-25-41/h1-19,21-33,36H,20H2. The zero-order valence-electron chi connectivity index (χ0n) is 27.6. The summed E-state index contributed by atoms with van der Waals surface area (Å²) in [4.78, 5) is 7.86. The fourth-order valence-electron chi connectivity index (χ4n) is 7.78. The van der Waals surface area contributed by atoms with Crippen LogP contribution in [-0.2, 0) is 5.41 Å². The predicted molar refractivity (Wildman–Crippen MR) is 208 cm³/mol. The van der Waals surface area contributed by atoms with Crippen LogP contribution in [0.1, 0.15) is 45.8 Å². The van der Waals surface area contributed by atoms with Crippen molar-refractivity contribution in [2.75, 3.05) is 0 Å². The molecule has 0 amide bonds. The molecule has 0 radical (unpaired) electrons. The van der Waals surface area contributed by atoms with Gasteiger partial charge < -0.3 is 0 Å². The summed E-state index contributed by atoms with van der Waals surface area (Å²) in [7, 11) is 0. The second-order valence-corrected chi connectivity index (χ2v) is 14.1. The smallest absolute Gasteiger partial charge is 0.0723 e. The minimum absolute atomic E-state index is 0.239. The number of benzene rings is 6. The van der Waals surface area contributed by atoms with Crippen LogP contribution in [0.4, 0.5) is 0 Å². The number of hydrogen-bond acceptors (Lipinski definition) is 2. The number of rotatable bonds is 6. The quantitative estimate of drug-likeness (QED) is 0.176. The number of hydrogen-bond donors (Lipinski definition) is 0. The number of allylic oxidation sites excluding steroid dienone is 4. The van der Waals surface area contributed by atoms with E-state index in [1.807, 2.05) is 11.8 Å². The van der Waals surface area contributed by atoms with Gasteiger partial charge in [-0.1, -0.05) is 182 Å². The highest BCUT2D eigenvalue weighted by atomic mass is 32.2. The Kier molecular flexibility index (Phi) is 7.87. The maximum Gasteiger partial charge on any atom is 0.0723 e. The van der Waals surface area contributed by atoms with Gasteiger partial charge in [-0.3, -0.25) is 0 Å². The van der Waals surface area contributed by atoms with Crippen molar-refractivity contribution in [1.29, 1.82) is 0 Å². The number of fused-ring (bicyclic) bond motifs is 2. The Labute approximate surface area is 298 Å². The maximum absolute atomic E-state index is 5.24.